The lowest BCUT2D eigenvalue weighted by molar-refractivity contribution is 0.227. The number of amidine groups is 1. The summed E-state index contributed by atoms with van der Waals surface area (Å²) in [5.74, 6) is 4.68. The summed E-state index contributed by atoms with van der Waals surface area (Å²) in [4.78, 5) is 5.73. The molecule has 1 aromatic heterocycles. The van der Waals surface area contributed by atoms with Crippen LogP contribution in [0.15, 0.2) is 160 Å². The number of aromatic nitrogens is 1. The maximum atomic E-state index is 5.73. The fourth-order valence-corrected chi connectivity index (χ4v) is 16.4. The van der Waals surface area contributed by atoms with Crippen molar-refractivity contribution in [1.82, 2.24) is 15.2 Å². The second kappa shape index (κ2) is 18.2. The van der Waals surface area contributed by atoms with Crippen molar-refractivity contribution in [3.63, 3.8) is 0 Å². The van der Waals surface area contributed by atoms with E-state index < -0.39 is 0 Å². The summed E-state index contributed by atoms with van der Waals surface area (Å²) >= 11 is 2.34. The van der Waals surface area contributed by atoms with Crippen LogP contribution in [0.25, 0.3) is 18.2 Å². The quantitative estimate of drug-likeness (QED) is 0.259. The van der Waals surface area contributed by atoms with Gasteiger partial charge >= 0.3 is 0 Å². The number of rotatable bonds is 8. The van der Waals surface area contributed by atoms with Gasteiger partial charge in [0, 0.05) is 62.4 Å². The number of hydrogen-bond donors (Lipinski definition) is 2. The van der Waals surface area contributed by atoms with Crippen LogP contribution in [0.1, 0.15) is 124 Å². The number of thioether (sulfide) groups is 1. The smallest absolute Gasteiger partial charge is 0.131 e. The Morgan fingerprint density at radius 2 is 1.58 bits per heavy atom. The molecule has 0 amide bonds. The molecule has 13 rings (SSSR count). The van der Waals surface area contributed by atoms with E-state index in [-0.39, 0.29) is 12.3 Å². The molecule has 11 aliphatic rings. The molecule has 10 unspecified atom stereocenters. The molecule has 0 spiro atoms. The average Bonchev–Trinajstić information content (AvgIpc) is 4.17. The molecular formula is C62H68N4S. The largest absolute Gasteiger partial charge is 0.354 e. The van der Waals surface area contributed by atoms with Gasteiger partial charge in [0.1, 0.15) is 12.0 Å². The van der Waals surface area contributed by atoms with Crippen molar-refractivity contribution in [3.8, 4) is 0 Å². The summed E-state index contributed by atoms with van der Waals surface area (Å²) in [5, 5.41) is 12.2. The zero-order valence-electron chi connectivity index (χ0n) is 39.2. The first-order valence-corrected chi connectivity index (χ1v) is 27.5. The molecule has 2 aliphatic heterocycles. The van der Waals surface area contributed by atoms with E-state index in [4.69, 9.17) is 4.99 Å². The normalized spacial score (nSPS) is 34.3. The van der Waals surface area contributed by atoms with Crippen LogP contribution >= 0.6 is 11.8 Å². The topological polar surface area (TPSA) is 41.4 Å². The van der Waals surface area contributed by atoms with Gasteiger partial charge in [0.25, 0.3) is 0 Å². The lowest BCUT2D eigenvalue weighted by Gasteiger charge is -2.40. The average molecular weight is 901 g/mol. The van der Waals surface area contributed by atoms with E-state index in [0.717, 1.165) is 62.3 Å². The van der Waals surface area contributed by atoms with Crippen LogP contribution < -0.4 is 21.2 Å². The highest BCUT2D eigenvalue weighted by molar-refractivity contribution is 8.00. The third-order valence-electron chi connectivity index (χ3n) is 17.7. The third-order valence-corrected chi connectivity index (χ3v) is 19.4. The van der Waals surface area contributed by atoms with Crippen molar-refractivity contribution in [1.29, 1.82) is 0 Å². The molecule has 9 aliphatic carbocycles. The van der Waals surface area contributed by atoms with Crippen LogP contribution in [0.5, 0.6) is 0 Å². The van der Waals surface area contributed by atoms with E-state index in [2.05, 4.69) is 173 Å². The van der Waals surface area contributed by atoms with Gasteiger partial charge in [-0.15, -0.1) is 11.8 Å². The van der Waals surface area contributed by atoms with E-state index in [0.29, 0.717) is 52.0 Å². The SMILES string of the molecule is C1=CCC(C2NC(c3ccccc3)=NC(C3=C(C4=CCCC5SC6c7c(c8c(n7C7CC=CCC7)=CCCC=8)C=CC6C45)CCC(C4=CC(C5C=CC=C5)C(C5CCCCC5)C=C4)=C3)N2)C=C1. The monoisotopic (exact) mass is 901 g/mol. The summed E-state index contributed by atoms with van der Waals surface area (Å²) in [7, 11) is 0. The zero-order valence-corrected chi connectivity index (χ0v) is 40.0. The highest BCUT2D eigenvalue weighted by Gasteiger charge is 2.50. The van der Waals surface area contributed by atoms with Crippen molar-refractivity contribution in [2.45, 2.75) is 125 Å². The number of hydrogen-bond acceptors (Lipinski definition) is 4. The van der Waals surface area contributed by atoms with E-state index >= 15 is 0 Å². The van der Waals surface area contributed by atoms with Crippen molar-refractivity contribution < 1.29 is 0 Å². The van der Waals surface area contributed by atoms with Crippen molar-refractivity contribution in [3.05, 3.63) is 183 Å². The van der Waals surface area contributed by atoms with Crippen molar-refractivity contribution in [2.75, 3.05) is 0 Å². The van der Waals surface area contributed by atoms with Gasteiger partial charge in [0.15, 0.2) is 0 Å². The van der Waals surface area contributed by atoms with Crippen LogP contribution in [-0.2, 0) is 0 Å². The molecule has 2 fully saturated rings. The molecule has 4 nitrogen and oxygen atoms in total. The highest BCUT2D eigenvalue weighted by Crippen LogP contribution is 2.62. The molecule has 2 N–H and O–H groups in total. The fraction of sp³-hybridized carbons (Fsp3) is 0.435. The van der Waals surface area contributed by atoms with Gasteiger partial charge in [0.2, 0.25) is 0 Å². The summed E-state index contributed by atoms with van der Waals surface area (Å²) in [6.07, 6.45) is 65.5. The molecule has 1 saturated carbocycles. The second-order valence-corrected chi connectivity index (χ2v) is 22.8. The summed E-state index contributed by atoms with van der Waals surface area (Å²) in [5.41, 5.74) is 11.9. The molecule has 2 aromatic rings. The van der Waals surface area contributed by atoms with Crippen LogP contribution in [0.2, 0.25) is 0 Å². The van der Waals surface area contributed by atoms with Crippen LogP contribution in [-0.4, -0.2) is 28.0 Å². The Balaban J connectivity index is 0.926. The molecular weight excluding hydrogens is 833 g/mol. The Kier molecular flexibility index (Phi) is 11.5. The molecule has 67 heavy (non-hydrogen) atoms. The number of nitrogens with one attached hydrogen (secondary N) is 2. The van der Waals surface area contributed by atoms with E-state index in [1.165, 1.54) is 84.2 Å². The first kappa shape index (κ1) is 42.3. The summed E-state index contributed by atoms with van der Waals surface area (Å²) in [6.45, 7) is 0. The molecule has 342 valence electrons. The Bertz CT molecular complexity index is 2780. The predicted molar refractivity (Wildman–Crippen MR) is 281 cm³/mol. The van der Waals surface area contributed by atoms with E-state index in [9.17, 15) is 0 Å². The Morgan fingerprint density at radius 3 is 2.43 bits per heavy atom. The highest BCUT2D eigenvalue weighted by atomic mass is 32.2. The molecule has 5 heteroatoms. The first-order chi connectivity index (χ1) is 33.2. The molecule has 3 heterocycles. The minimum Gasteiger partial charge on any atom is -0.354 e. The van der Waals surface area contributed by atoms with Crippen LogP contribution in [0.4, 0.5) is 0 Å². The number of nitrogens with zero attached hydrogens (tertiary/aromatic N) is 2. The van der Waals surface area contributed by atoms with Gasteiger partial charge in [-0.3, -0.25) is 5.32 Å². The van der Waals surface area contributed by atoms with Gasteiger partial charge in [-0.05, 0) is 123 Å². The van der Waals surface area contributed by atoms with Gasteiger partial charge in [-0.1, -0.05) is 165 Å². The predicted octanol–water partition coefficient (Wildman–Crippen LogP) is 12.8. The van der Waals surface area contributed by atoms with Gasteiger partial charge in [-0.25, -0.2) is 4.99 Å². The number of fused-ring (bicyclic) bond motifs is 7. The number of allylic oxidation sites excluding steroid dienone is 18. The molecule has 1 aromatic carbocycles. The Hall–Kier alpha value is -4.84. The van der Waals surface area contributed by atoms with Gasteiger partial charge in [-0.2, -0.15) is 0 Å². The third kappa shape index (κ3) is 7.75. The van der Waals surface area contributed by atoms with Crippen LogP contribution in [0.3, 0.4) is 0 Å². The van der Waals surface area contributed by atoms with Gasteiger partial charge in [0.05, 0.1) is 11.4 Å². The molecule has 0 radical (unpaired) electrons. The maximum absolute atomic E-state index is 5.73. The Morgan fingerprint density at radius 1 is 0.716 bits per heavy atom. The molecule has 10 atom stereocenters. The second-order valence-electron chi connectivity index (χ2n) is 21.4. The van der Waals surface area contributed by atoms with Crippen molar-refractivity contribution in [2.24, 2.45) is 46.4 Å². The first-order valence-electron chi connectivity index (χ1n) is 26.6. The summed E-state index contributed by atoms with van der Waals surface area (Å²) < 4.78 is 2.88. The lowest BCUT2D eigenvalue weighted by Crippen LogP contribution is -2.58. The maximum Gasteiger partial charge on any atom is 0.131 e. The summed E-state index contributed by atoms with van der Waals surface area (Å²) in [6, 6.07) is 11.4. The minimum absolute atomic E-state index is 0.0584. The molecule has 0 bridgehead atoms. The number of benzene rings is 1. The van der Waals surface area contributed by atoms with Crippen molar-refractivity contribution >= 4 is 35.8 Å². The van der Waals surface area contributed by atoms with E-state index in [1.807, 2.05) is 0 Å². The fourth-order valence-electron chi connectivity index (χ4n) is 14.5. The van der Waals surface area contributed by atoms with E-state index in [1.54, 1.807) is 16.8 Å². The minimum atomic E-state index is -0.167. The zero-order chi connectivity index (χ0) is 44.3. The lowest BCUT2D eigenvalue weighted by atomic mass is 9.67. The standard InChI is InChI=1S/C62H68N4S/c1-5-18-40(19-6-1)47-34-32-44(38-53(47)41-20-13-14-21-41)45-33-35-48(54(39-45)62-64-60(42-22-7-2-8-23-42)63-61(65-62)43-24-9-3-10-25-43)50-29-17-31-56-57(50)52-37-36-51-49-28-15-16-30-55(49)66(58(51)59(52)67-56)46-26-11-4-12-27-46/h2-4,7-11,13-14,20-24,28-30,32,34,36-41,43,46-47,52-53,56-57,59,61-62,65H,1,5-6,12,15-19,25-27,31,33,35H2,(H,63,64). The van der Waals surface area contributed by atoms with Crippen LogP contribution in [0, 0.1) is 41.4 Å². The van der Waals surface area contributed by atoms with Gasteiger partial charge < -0.3 is 9.88 Å². The number of aliphatic imine (C=N–C) groups is 1. The Labute approximate surface area is 403 Å². The molecule has 1 saturated heterocycles.